The quantitative estimate of drug-likeness (QED) is 0.400. The van der Waals surface area contributed by atoms with Crippen LogP contribution in [0.2, 0.25) is 0 Å². The molecule has 0 bridgehead atoms. The Hall–Kier alpha value is -2.61. The molecule has 1 fully saturated rings. The van der Waals surface area contributed by atoms with Crippen molar-refractivity contribution in [3.8, 4) is 22.6 Å². The normalized spacial score (nSPS) is 14.5. The number of hydrogen-bond donors (Lipinski definition) is 0. The number of carbonyl (C=O) groups excluding carboxylic acids is 1. The number of carbonyl (C=O) groups is 1. The summed E-state index contributed by atoms with van der Waals surface area (Å²) >= 11 is 1.25. The van der Waals surface area contributed by atoms with Gasteiger partial charge in [0.1, 0.15) is 18.1 Å². The van der Waals surface area contributed by atoms with Crippen molar-refractivity contribution in [2.24, 2.45) is 0 Å². The molecule has 0 amide bonds. The summed E-state index contributed by atoms with van der Waals surface area (Å²) in [5, 5.41) is 0.456. The maximum absolute atomic E-state index is 12.1. The lowest BCUT2D eigenvalue weighted by atomic mass is 10.1. The molecule has 0 radical (unpaired) electrons. The lowest BCUT2D eigenvalue weighted by molar-refractivity contribution is -0.141. The molecule has 0 saturated carbocycles. The van der Waals surface area contributed by atoms with Crippen LogP contribution in [0, 0.1) is 0 Å². The molecule has 6 nitrogen and oxygen atoms in total. The predicted octanol–water partition coefficient (Wildman–Crippen LogP) is 3.98. The second-order valence-corrected chi connectivity index (χ2v) is 7.78. The standard InChI is InChI=1S/C23H24N2O4S/c26-20(28-16-13-25-11-14-27-15-12-25)17-30-23-24-21(18-7-3-1-4-8-18)22(29-23)19-9-5-2-6-10-19/h1-10H,11-17H2. The molecule has 156 valence electrons. The number of aromatic nitrogens is 1. The van der Waals surface area contributed by atoms with Crippen LogP contribution in [0.5, 0.6) is 0 Å². The summed E-state index contributed by atoms with van der Waals surface area (Å²) in [6, 6.07) is 19.8. The number of hydrogen-bond acceptors (Lipinski definition) is 7. The zero-order valence-electron chi connectivity index (χ0n) is 16.7. The minimum absolute atomic E-state index is 0.159. The second kappa shape index (κ2) is 10.4. The Balaban J connectivity index is 1.38. The Kier molecular flexibility index (Phi) is 7.18. The van der Waals surface area contributed by atoms with Gasteiger partial charge in [-0.25, -0.2) is 4.98 Å². The molecular weight excluding hydrogens is 400 g/mol. The molecule has 7 heteroatoms. The number of thioether (sulfide) groups is 1. The van der Waals surface area contributed by atoms with Crippen LogP contribution in [-0.4, -0.2) is 61.1 Å². The van der Waals surface area contributed by atoms with Crippen LogP contribution in [0.1, 0.15) is 0 Å². The van der Waals surface area contributed by atoms with Crippen molar-refractivity contribution in [2.45, 2.75) is 5.22 Å². The molecule has 0 spiro atoms. The lowest BCUT2D eigenvalue weighted by Gasteiger charge is -2.26. The van der Waals surface area contributed by atoms with Crippen LogP contribution in [-0.2, 0) is 14.3 Å². The van der Waals surface area contributed by atoms with Crippen LogP contribution in [0.4, 0.5) is 0 Å². The number of morpholine rings is 1. The summed E-state index contributed by atoms with van der Waals surface area (Å²) in [5.41, 5.74) is 2.69. The first kappa shape index (κ1) is 20.7. The molecule has 1 aliphatic rings. The molecule has 0 N–H and O–H groups in total. The number of oxazole rings is 1. The van der Waals surface area contributed by atoms with Crippen LogP contribution in [0.3, 0.4) is 0 Å². The predicted molar refractivity (Wildman–Crippen MR) is 116 cm³/mol. The van der Waals surface area contributed by atoms with Crippen LogP contribution < -0.4 is 0 Å². The maximum Gasteiger partial charge on any atom is 0.316 e. The SMILES string of the molecule is O=C(CSc1nc(-c2ccccc2)c(-c2ccccc2)o1)OCCN1CCOCC1. The highest BCUT2D eigenvalue weighted by atomic mass is 32.2. The zero-order valence-corrected chi connectivity index (χ0v) is 17.5. The summed E-state index contributed by atoms with van der Waals surface area (Å²) in [7, 11) is 0. The Morgan fingerprint density at radius 2 is 1.67 bits per heavy atom. The van der Waals surface area contributed by atoms with Gasteiger partial charge in [0.05, 0.1) is 13.2 Å². The molecule has 2 heterocycles. The molecule has 2 aromatic carbocycles. The summed E-state index contributed by atoms with van der Waals surface area (Å²) in [6.07, 6.45) is 0. The highest BCUT2D eigenvalue weighted by molar-refractivity contribution is 7.99. The number of ether oxygens (including phenoxy) is 2. The summed E-state index contributed by atoms with van der Waals surface area (Å²) in [6.45, 7) is 4.35. The molecule has 30 heavy (non-hydrogen) atoms. The van der Waals surface area contributed by atoms with Gasteiger partial charge in [0.2, 0.25) is 0 Å². The molecule has 1 aliphatic heterocycles. The van der Waals surface area contributed by atoms with Gasteiger partial charge >= 0.3 is 5.97 Å². The van der Waals surface area contributed by atoms with Crippen molar-refractivity contribution < 1.29 is 18.7 Å². The monoisotopic (exact) mass is 424 g/mol. The Morgan fingerprint density at radius 3 is 2.37 bits per heavy atom. The number of rotatable bonds is 8. The van der Waals surface area contributed by atoms with Crippen molar-refractivity contribution in [1.29, 1.82) is 0 Å². The molecule has 1 saturated heterocycles. The third-order valence-corrected chi connectivity index (χ3v) is 5.58. The molecule has 3 aromatic rings. The van der Waals surface area contributed by atoms with Crippen LogP contribution >= 0.6 is 11.8 Å². The highest BCUT2D eigenvalue weighted by Crippen LogP contribution is 2.35. The zero-order chi connectivity index (χ0) is 20.6. The van der Waals surface area contributed by atoms with E-state index in [1.807, 2.05) is 60.7 Å². The van der Waals surface area contributed by atoms with E-state index in [4.69, 9.17) is 13.9 Å². The van der Waals surface area contributed by atoms with Crippen LogP contribution in [0.15, 0.2) is 70.3 Å². The lowest BCUT2D eigenvalue weighted by Crippen LogP contribution is -2.38. The Bertz CT molecular complexity index is 883. The molecule has 4 rings (SSSR count). The van der Waals surface area contributed by atoms with Gasteiger partial charge in [0.15, 0.2) is 5.76 Å². The third kappa shape index (κ3) is 5.50. The third-order valence-electron chi connectivity index (χ3n) is 4.78. The average Bonchev–Trinajstić information content (AvgIpc) is 3.24. The fourth-order valence-electron chi connectivity index (χ4n) is 3.21. The van der Waals surface area contributed by atoms with E-state index in [0.29, 0.717) is 17.6 Å². The first-order valence-electron chi connectivity index (χ1n) is 10.00. The van der Waals surface area contributed by atoms with Crippen molar-refractivity contribution in [1.82, 2.24) is 9.88 Å². The Labute approximate surface area is 180 Å². The van der Waals surface area contributed by atoms with E-state index in [1.165, 1.54) is 11.8 Å². The van der Waals surface area contributed by atoms with Gasteiger partial charge in [0, 0.05) is 30.8 Å². The average molecular weight is 425 g/mol. The molecule has 0 atom stereocenters. The number of nitrogens with zero attached hydrogens (tertiary/aromatic N) is 2. The summed E-state index contributed by atoms with van der Waals surface area (Å²) in [4.78, 5) is 19.0. The van der Waals surface area contributed by atoms with Gasteiger partial charge in [-0.3, -0.25) is 9.69 Å². The van der Waals surface area contributed by atoms with Gasteiger partial charge in [0.25, 0.3) is 5.22 Å². The van der Waals surface area contributed by atoms with E-state index in [9.17, 15) is 4.79 Å². The van der Waals surface area contributed by atoms with Crippen molar-refractivity contribution in [3.63, 3.8) is 0 Å². The first-order valence-corrected chi connectivity index (χ1v) is 11.0. The van der Waals surface area contributed by atoms with Gasteiger partial charge in [-0.15, -0.1) is 0 Å². The van der Waals surface area contributed by atoms with Gasteiger partial charge in [-0.05, 0) is 0 Å². The largest absolute Gasteiger partial charge is 0.464 e. The summed E-state index contributed by atoms with van der Waals surface area (Å²) in [5.74, 6) is 0.588. The topological polar surface area (TPSA) is 64.8 Å². The van der Waals surface area contributed by atoms with Gasteiger partial charge in [-0.2, -0.15) is 0 Å². The van der Waals surface area contributed by atoms with E-state index in [2.05, 4.69) is 9.88 Å². The highest BCUT2D eigenvalue weighted by Gasteiger charge is 2.18. The van der Waals surface area contributed by atoms with Crippen molar-refractivity contribution >= 4 is 17.7 Å². The molecular formula is C23H24N2O4S. The molecule has 0 aliphatic carbocycles. The van der Waals surface area contributed by atoms with E-state index < -0.39 is 0 Å². The number of benzene rings is 2. The maximum atomic E-state index is 12.1. The smallest absolute Gasteiger partial charge is 0.316 e. The fraction of sp³-hybridized carbons (Fsp3) is 0.304. The van der Waals surface area contributed by atoms with Crippen LogP contribution in [0.25, 0.3) is 22.6 Å². The minimum atomic E-state index is -0.269. The first-order chi connectivity index (χ1) is 14.8. The second-order valence-electron chi connectivity index (χ2n) is 6.85. The fourth-order valence-corrected chi connectivity index (χ4v) is 3.84. The molecule has 0 unspecified atom stereocenters. The number of esters is 1. The molecule has 1 aromatic heterocycles. The van der Waals surface area contributed by atoms with Crippen molar-refractivity contribution in [3.05, 3.63) is 60.7 Å². The Morgan fingerprint density at radius 1 is 1.00 bits per heavy atom. The van der Waals surface area contributed by atoms with Crippen molar-refractivity contribution in [2.75, 3.05) is 45.2 Å². The minimum Gasteiger partial charge on any atom is -0.464 e. The van der Waals surface area contributed by atoms with E-state index in [-0.39, 0.29) is 11.7 Å². The van der Waals surface area contributed by atoms with Gasteiger partial charge in [-0.1, -0.05) is 72.4 Å². The summed E-state index contributed by atoms with van der Waals surface area (Å²) < 4.78 is 16.7. The van der Waals surface area contributed by atoms with E-state index in [0.717, 1.165) is 49.7 Å². The van der Waals surface area contributed by atoms with Gasteiger partial charge < -0.3 is 13.9 Å². The van der Waals surface area contributed by atoms with E-state index in [1.54, 1.807) is 0 Å². The van der Waals surface area contributed by atoms with E-state index >= 15 is 0 Å².